The van der Waals surface area contributed by atoms with E-state index in [1.165, 1.54) is 4.68 Å². The number of rotatable bonds is 2. The van der Waals surface area contributed by atoms with E-state index in [0.29, 0.717) is 0 Å². The lowest BCUT2D eigenvalue weighted by Crippen LogP contribution is -2.21. The molecular weight excluding hydrogens is 222 g/mol. The van der Waals surface area contributed by atoms with E-state index in [1.54, 1.807) is 0 Å². The third-order valence-electron chi connectivity index (χ3n) is 2.25. The van der Waals surface area contributed by atoms with Gasteiger partial charge in [0.2, 0.25) is 6.33 Å². The Bertz CT molecular complexity index is 494. The van der Waals surface area contributed by atoms with Crippen molar-refractivity contribution in [2.45, 2.75) is 6.92 Å². The molecule has 0 N–H and O–H groups in total. The average molecular weight is 232 g/mol. The molecule has 0 saturated carbocycles. The van der Waals surface area contributed by atoms with Gasteiger partial charge in [-0.15, -0.1) is 5.10 Å². The van der Waals surface area contributed by atoms with Crippen molar-refractivity contribution in [1.29, 1.82) is 0 Å². The van der Waals surface area contributed by atoms with Crippen LogP contribution in [0.25, 0.3) is 5.69 Å². The molecule has 16 heavy (non-hydrogen) atoms. The van der Waals surface area contributed by atoms with E-state index in [2.05, 4.69) is 21.9 Å². The van der Waals surface area contributed by atoms with Gasteiger partial charge in [-0.2, -0.15) is 4.68 Å². The van der Waals surface area contributed by atoms with E-state index in [1.807, 2.05) is 43.1 Å². The average Bonchev–Trinajstić information content (AvgIpc) is 2.81. The van der Waals surface area contributed by atoms with Crippen LogP contribution in [0.2, 0.25) is 0 Å². The predicted octanol–water partition coefficient (Wildman–Crippen LogP) is 1.25. The highest BCUT2D eigenvalue weighted by Crippen LogP contribution is 2.17. The predicted molar refractivity (Wildman–Crippen MR) is 64.7 cm³/mol. The molecule has 1 radical (unpaired) electrons. The maximum atomic E-state index is 5.11. The molecule has 81 valence electrons. The van der Waals surface area contributed by atoms with Crippen molar-refractivity contribution in [3.05, 3.63) is 30.6 Å². The lowest BCUT2D eigenvalue weighted by Gasteiger charge is -2.17. The van der Waals surface area contributed by atoms with Crippen LogP contribution in [0.1, 0.15) is 6.92 Å². The minimum Gasteiger partial charge on any atom is -0.339 e. The Morgan fingerprint density at radius 1 is 1.50 bits per heavy atom. The van der Waals surface area contributed by atoms with E-state index in [0.717, 1.165) is 16.4 Å². The van der Waals surface area contributed by atoms with Crippen molar-refractivity contribution in [1.82, 2.24) is 20.2 Å². The van der Waals surface area contributed by atoms with Crippen LogP contribution in [0.4, 0.5) is 5.69 Å². The molecule has 0 atom stereocenters. The van der Waals surface area contributed by atoms with Gasteiger partial charge in [0.25, 0.3) is 0 Å². The van der Waals surface area contributed by atoms with Crippen LogP contribution < -0.4 is 4.90 Å². The molecule has 0 bridgehead atoms. The quantitative estimate of drug-likeness (QED) is 0.729. The number of aromatic nitrogens is 4. The zero-order chi connectivity index (χ0) is 11.5. The summed E-state index contributed by atoms with van der Waals surface area (Å²) in [7, 11) is 1.92. The van der Waals surface area contributed by atoms with Gasteiger partial charge in [0.1, 0.15) is 0 Å². The number of nitrogens with zero attached hydrogens (tertiary/aromatic N) is 5. The molecule has 1 aromatic carbocycles. The van der Waals surface area contributed by atoms with Crippen molar-refractivity contribution in [3.8, 4) is 5.69 Å². The summed E-state index contributed by atoms with van der Waals surface area (Å²) in [6.07, 6.45) is 2.64. The fourth-order valence-electron chi connectivity index (χ4n) is 1.27. The van der Waals surface area contributed by atoms with Crippen molar-refractivity contribution < 1.29 is 0 Å². The molecule has 5 nitrogen and oxygen atoms in total. The standard InChI is InChI=1S/C10H10N5S/c1-8(16)14(2)9-4-3-5-10(6-9)15-7-11-12-13-15/h3-6H,1-2H3. The van der Waals surface area contributed by atoms with E-state index in [9.17, 15) is 0 Å². The maximum Gasteiger partial charge on any atom is 0.226 e. The molecule has 6 heteroatoms. The normalized spacial score (nSPS) is 10.1. The molecule has 0 aliphatic carbocycles. The second-order valence-electron chi connectivity index (χ2n) is 3.29. The van der Waals surface area contributed by atoms with Crippen LogP contribution in [0, 0.1) is 6.33 Å². The van der Waals surface area contributed by atoms with E-state index in [4.69, 9.17) is 12.2 Å². The highest BCUT2D eigenvalue weighted by molar-refractivity contribution is 7.80. The van der Waals surface area contributed by atoms with Gasteiger partial charge in [0.05, 0.1) is 10.7 Å². The lowest BCUT2D eigenvalue weighted by atomic mass is 10.2. The fraction of sp³-hybridized carbons (Fsp3) is 0.200. The van der Waals surface area contributed by atoms with Crippen LogP contribution in [-0.2, 0) is 0 Å². The molecular formula is C10H10N5S. The molecule has 0 aliphatic heterocycles. The first-order valence-electron chi connectivity index (χ1n) is 4.69. The van der Waals surface area contributed by atoms with Crippen molar-refractivity contribution in [2.75, 3.05) is 11.9 Å². The third kappa shape index (κ3) is 2.06. The molecule has 0 spiro atoms. The van der Waals surface area contributed by atoms with Crippen molar-refractivity contribution in [3.63, 3.8) is 0 Å². The Hall–Kier alpha value is -1.82. The summed E-state index contributed by atoms with van der Waals surface area (Å²) in [6.45, 7) is 1.88. The largest absolute Gasteiger partial charge is 0.339 e. The molecule has 0 amide bonds. The zero-order valence-electron chi connectivity index (χ0n) is 8.95. The zero-order valence-corrected chi connectivity index (χ0v) is 9.77. The Kier molecular flexibility index (Phi) is 2.91. The van der Waals surface area contributed by atoms with Gasteiger partial charge in [0.15, 0.2) is 0 Å². The van der Waals surface area contributed by atoms with Crippen LogP contribution in [0.3, 0.4) is 0 Å². The molecule has 2 rings (SSSR count). The Labute approximate surface area is 98.7 Å². The molecule has 0 fully saturated rings. The summed E-state index contributed by atoms with van der Waals surface area (Å²) in [6, 6.07) is 7.75. The number of thiocarbonyl (C=S) groups is 1. The van der Waals surface area contributed by atoms with Gasteiger partial charge < -0.3 is 4.90 Å². The molecule has 1 aromatic heterocycles. The summed E-state index contributed by atoms with van der Waals surface area (Å²) >= 11 is 5.11. The van der Waals surface area contributed by atoms with Gasteiger partial charge in [-0.25, -0.2) is 0 Å². The van der Waals surface area contributed by atoms with Crippen LogP contribution in [0.15, 0.2) is 24.3 Å². The Morgan fingerprint density at radius 2 is 2.31 bits per heavy atom. The molecule has 0 saturated heterocycles. The van der Waals surface area contributed by atoms with Gasteiger partial charge in [-0.1, -0.05) is 18.3 Å². The molecule has 0 aliphatic rings. The van der Waals surface area contributed by atoms with Gasteiger partial charge in [-0.05, 0) is 35.5 Å². The second kappa shape index (κ2) is 4.36. The molecule has 2 aromatic rings. The number of benzene rings is 1. The smallest absolute Gasteiger partial charge is 0.226 e. The summed E-state index contributed by atoms with van der Waals surface area (Å²) < 4.78 is 1.48. The topological polar surface area (TPSA) is 46.8 Å². The van der Waals surface area contributed by atoms with Crippen molar-refractivity contribution in [2.24, 2.45) is 0 Å². The first-order valence-corrected chi connectivity index (χ1v) is 5.10. The van der Waals surface area contributed by atoms with Gasteiger partial charge in [0, 0.05) is 12.7 Å². The van der Waals surface area contributed by atoms with Crippen LogP contribution in [-0.4, -0.2) is 32.2 Å². The maximum absolute atomic E-state index is 5.11. The third-order valence-corrected chi connectivity index (χ3v) is 2.52. The monoisotopic (exact) mass is 232 g/mol. The number of anilines is 1. The number of tetrazole rings is 1. The van der Waals surface area contributed by atoms with E-state index < -0.39 is 0 Å². The fourth-order valence-corrected chi connectivity index (χ4v) is 1.37. The van der Waals surface area contributed by atoms with E-state index in [-0.39, 0.29) is 0 Å². The van der Waals surface area contributed by atoms with Crippen LogP contribution >= 0.6 is 12.2 Å². The van der Waals surface area contributed by atoms with Gasteiger partial charge >= 0.3 is 0 Å². The highest BCUT2D eigenvalue weighted by atomic mass is 32.1. The van der Waals surface area contributed by atoms with Crippen LogP contribution in [0.5, 0.6) is 0 Å². The Morgan fingerprint density at radius 3 is 2.94 bits per heavy atom. The number of hydrogen-bond donors (Lipinski definition) is 0. The first kappa shape index (κ1) is 10.7. The molecule has 1 heterocycles. The lowest BCUT2D eigenvalue weighted by molar-refractivity contribution is 0.787. The van der Waals surface area contributed by atoms with Crippen molar-refractivity contribution >= 4 is 22.9 Å². The second-order valence-corrected chi connectivity index (χ2v) is 3.88. The number of hydrogen-bond acceptors (Lipinski definition) is 4. The summed E-state index contributed by atoms with van der Waals surface area (Å²) in [5, 5.41) is 10.8. The molecule has 0 unspecified atom stereocenters. The highest BCUT2D eigenvalue weighted by Gasteiger charge is 2.05. The van der Waals surface area contributed by atoms with Gasteiger partial charge in [-0.3, -0.25) is 0 Å². The van der Waals surface area contributed by atoms with E-state index >= 15 is 0 Å². The minimum absolute atomic E-state index is 0.804. The minimum atomic E-state index is 0.804. The first-order chi connectivity index (χ1) is 7.68. The summed E-state index contributed by atoms with van der Waals surface area (Å²) in [5.74, 6) is 0. The summed E-state index contributed by atoms with van der Waals surface area (Å²) in [5.41, 5.74) is 1.85. The Balaban J connectivity index is 2.37. The summed E-state index contributed by atoms with van der Waals surface area (Å²) in [4.78, 5) is 2.72. The SMILES string of the molecule is CC(=S)N(C)c1cccc(-n2[c]nnn2)c1.